The Balaban J connectivity index is 2.09. The maximum Gasteiger partial charge on any atom is 0.355 e. The van der Waals surface area contributed by atoms with Gasteiger partial charge in [-0.2, -0.15) is 0 Å². The molecule has 3 rings (SSSR count). The van der Waals surface area contributed by atoms with Gasteiger partial charge in [0.15, 0.2) is 0 Å². The quantitative estimate of drug-likeness (QED) is 0.739. The maximum absolute atomic E-state index is 12.4. The smallest absolute Gasteiger partial charge is 0.355 e. The molecule has 27 heavy (non-hydrogen) atoms. The molecular formula is C19H22N2O6. The van der Waals surface area contributed by atoms with Gasteiger partial charge in [-0.1, -0.05) is 6.07 Å². The van der Waals surface area contributed by atoms with Crippen molar-refractivity contribution in [1.29, 1.82) is 0 Å². The van der Waals surface area contributed by atoms with Gasteiger partial charge in [-0.25, -0.2) is 9.59 Å². The fourth-order valence-electron chi connectivity index (χ4n) is 3.31. The number of carbonyl (C=O) groups is 3. The minimum absolute atomic E-state index is 0.0447. The summed E-state index contributed by atoms with van der Waals surface area (Å²) < 4.78 is 15.2. The summed E-state index contributed by atoms with van der Waals surface area (Å²) in [6.07, 6.45) is 1.34. The summed E-state index contributed by atoms with van der Waals surface area (Å²) in [5, 5.41) is 0. The molecule has 1 aromatic carbocycles. The molecule has 0 atom stereocenters. The number of esters is 2. The van der Waals surface area contributed by atoms with Crippen LogP contribution in [-0.4, -0.2) is 51.9 Å². The van der Waals surface area contributed by atoms with Gasteiger partial charge in [-0.15, -0.1) is 0 Å². The van der Waals surface area contributed by atoms with Crippen LogP contribution in [0.5, 0.6) is 0 Å². The Morgan fingerprint density at radius 1 is 1.11 bits per heavy atom. The number of carbonyl (C=O) groups excluding carboxylic acids is 3. The predicted molar refractivity (Wildman–Crippen MR) is 97.1 cm³/mol. The number of amides is 1. The summed E-state index contributed by atoms with van der Waals surface area (Å²) in [4.78, 5) is 40.0. The van der Waals surface area contributed by atoms with Crippen LogP contribution in [0.1, 0.15) is 18.4 Å². The second-order valence-electron chi connectivity index (χ2n) is 6.34. The molecule has 0 spiro atoms. The van der Waals surface area contributed by atoms with Crippen LogP contribution in [0.2, 0.25) is 0 Å². The van der Waals surface area contributed by atoms with E-state index in [-0.39, 0.29) is 30.5 Å². The van der Waals surface area contributed by atoms with E-state index in [1.54, 1.807) is 9.80 Å². The van der Waals surface area contributed by atoms with E-state index in [1.807, 2.05) is 25.1 Å². The molecule has 0 aromatic heterocycles. The molecule has 0 N–H and O–H groups in total. The van der Waals surface area contributed by atoms with E-state index < -0.39 is 11.9 Å². The van der Waals surface area contributed by atoms with E-state index >= 15 is 0 Å². The fourth-order valence-corrected chi connectivity index (χ4v) is 3.31. The molecule has 1 aromatic rings. The summed E-state index contributed by atoms with van der Waals surface area (Å²) in [6.45, 7) is 2.57. The highest BCUT2D eigenvalue weighted by Crippen LogP contribution is 2.33. The molecule has 1 amide bonds. The first kappa shape index (κ1) is 18.9. The van der Waals surface area contributed by atoms with Crippen LogP contribution < -0.4 is 9.80 Å². The Bertz CT molecular complexity index is 816. The highest BCUT2D eigenvalue weighted by atomic mass is 16.5. The number of rotatable bonds is 4. The van der Waals surface area contributed by atoms with Crippen LogP contribution in [0.15, 0.2) is 29.5 Å². The second kappa shape index (κ2) is 7.79. The van der Waals surface area contributed by atoms with Gasteiger partial charge < -0.3 is 24.0 Å². The Labute approximate surface area is 157 Å². The molecule has 0 saturated carbocycles. The van der Waals surface area contributed by atoms with Crippen molar-refractivity contribution in [3.8, 4) is 0 Å². The molecule has 1 fully saturated rings. The van der Waals surface area contributed by atoms with Gasteiger partial charge in [0.25, 0.3) is 0 Å². The molecule has 8 heteroatoms. The molecule has 8 nitrogen and oxygen atoms in total. The van der Waals surface area contributed by atoms with Gasteiger partial charge in [0.05, 0.1) is 26.4 Å². The van der Waals surface area contributed by atoms with Crippen molar-refractivity contribution in [3.05, 3.63) is 35.0 Å². The lowest BCUT2D eigenvalue weighted by Gasteiger charge is -2.33. The van der Waals surface area contributed by atoms with E-state index in [0.29, 0.717) is 18.7 Å². The molecule has 0 unspecified atom stereocenters. The summed E-state index contributed by atoms with van der Waals surface area (Å²) >= 11 is 0. The van der Waals surface area contributed by atoms with Gasteiger partial charge in [-0.05, 0) is 31.0 Å². The van der Waals surface area contributed by atoms with Crippen LogP contribution in [0.25, 0.3) is 0 Å². The average molecular weight is 374 g/mol. The van der Waals surface area contributed by atoms with E-state index in [2.05, 4.69) is 0 Å². The topological polar surface area (TPSA) is 85.4 Å². The van der Waals surface area contributed by atoms with Crippen molar-refractivity contribution in [2.45, 2.75) is 19.8 Å². The molecule has 2 aliphatic heterocycles. The Morgan fingerprint density at radius 2 is 1.85 bits per heavy atom. The monoisotopic (exact) mass is 374 g/mol. The van der Waals surface area contributed by atoms with Crippen LogP contribution >= 0.6 is 0 Å². The Hall–Kier alpha value is -2.87. The van der Waals surface area contributed by atoms with Crippen LogP contribution in [-0.2, 0) is 28.6 Å². The van der Waals surface area contributed by atoms with Crippen molar-refractivity contribution in [3.63, 3.8) is 0 Å². The zero-order valence-corrected chi connectivity index (χ0v) is 15.6. The third kappa shape index (κ3) is 3.52. The van der Waals surface area contributed by atoms with Gasteiger partial charge >= 0.3 is 11.9 Å². The summed E-state index contributed by atoms with van der Waals surface area (Å²) in [6, 6.07) is 5.57. The van der Waals surface area contributed by atoms with Crippen molar-refractivity contribution < 1.29 is 28.6 Å². The van der Waals surface area contributed by atoms with Gasteiger partial charge in [0.2, 0.25) is 5.91 Å². The lowest BCUT2D eigenvalue weighted by atomic mass is 10.1. The maximum atomic E-state index is 12.4. The Kier molecular flexibility index (Phi) is 5.46. The van der Waals surface area contributed by atoms with Crippen LogP contribution in [0.3, 0.4) is 0 Å². The predicted octanol–water partition coefficient (Wildman–Crippen LogP) is 1.52. The summed E-state index contributed by atoms with van der Waals surface area (Å²) in [5.74, 6) is -1.23. The van der Waals surface area contributed by atoms with Gasteiger partial charge in [0.1, 0.15) is 12.4 Å². The molecular weight excluding hydrogens is 352 g/mol. The van der Waals surface area contributed by atoms with Crippen LogP contribution in [0.4, 0.5) is 11.4 Å². The Morgan fingerprint density at radius 3 is 2.48 bits per heavy atom. The normalized spacial score (nSPS) is 17.4. The molecule has 2 heterocycles. The number of benzene rings is 1. The van der Waals surface area contributed by atoms with Gasteiger partial charge in [0, 0.05) is 24.3 Å². The molecule has 0 radical (unpaired) electrons. The molecule has 2 aliphatic rings. The van der Waals surface area contributed by atoms with E-state index in [9.17, 15) is 14.4 Å². The zero-order chi connectivity index (χ0) is 19.6. The average Bonchev–Trinajstić information content (AvgIpc) is 3.12. The SMILES string of the molecule is COC(=O)C1=C(C(=O)OC)N(c2cc(N3CCCC3=O)ccc2C)COC1. The standard InChI is InChI=1S/C19H22N2O6/c1-12-6-7-13(20-8-4-5-16(20)22)9-15(12)21-11-27-10-14(18(23)25-2)17(21)19(24)26-3/h6-7,9H,4-5,8,10-11H2,1-3H3. The highest BCUT2D eigenvalue weighted by Gasteiger charge is 2.33. The highest BCUT2D eigenvalue weighted by molar-refractivity contribution is 6.04. The molecule has 144 valence electrons. The van der Waals surface area contributed by atoms with Crippen molar-refractivity contribution >= 4 is 29.2 Å². The number of anilines is 2. The number of hydrogen-bond acceptors (Lipinski definition) is 7. The molecule has 0 bridgehead atoms. The lowest BCUT2D eigenvalue weighted by Crippen LogP contribution is -2.39. The summed E-state index contributed by atoms with van der Waals surface area (Å²) in [5.41, 5.74) is 2.45. The minimum Gasteiger partial charge on any atom is -0.466 e. The minimum atomic E-state index is -0.652. The largest absolute Gasteiger partial charge is 0.466 e. The first-order chi connectivity index (χ1) is 13.0. The summed E-state index contributed by atoms with van der Waals surface area (Å²) in [7, 11) is 2.50. The van der Waals surface area contributed by atoms with Crippen LogP contribution in [0, 0.1) is 6.92 Å². The third-order valence-corrected chi connectivity index (χ3v) is 4.70. The third-order valence-electron chi connectivity index (χ3n) is 4.70. The fraction of sp³-hybridized carbons (Fsp3) is 0.421. The van der Waals surface area contributed by atoms with E-state index in [4.69, 9.17) is 14.2 Å². The number of ether oxygens (including phenoxy) is 3. The van der Waals surface area contributed by atoms with E-state index in [0.717, 1.165) is 17.7 Å². The number of hydrogen-bond donors (Lipinski definition) is 0. The number of nitrogens with zero attached hydrogens (tertiary/aromatic N) is 2. The number of aryl methyl sites for hydroxylation is 1. The van der Waals surface area contributed by atoms with Gasteiger partial charge in [-0.3, -0.25) is 4.79 Å². The van der Waals surface area contributed by atoms with E-state index in [1.165, 1.54) is 14.2 Å². The lowest BCUT2D eigenvalue weighted by molar-refractivity contribution is -0.140. The zero-order valence-electron chi connectivity index (χ0n) is 15.6. The first-order valence-corrected chi connectivity index (χ1v) is 8.64. The molecule has 0 aliphatic carbocycles. The van der Waals surface area contributed by atoms with Crippen molar-refractivity contribution in [2.24, 2.45) is 0 Å². The first-order valence-electron chi connectivity index (χ1n) is 8.64. The van der Waals surface area contributed by atoms with Crippen molar-refractivity contribution in [1.82, 2.24) is 0 Å². The van der Waals surface area contributed by atoms with Crippen molar-refractivity contribution in [2.75, 3.05) is 43.9 Å². The second-order valence-corrected chi connectivity index (χ2v) is 6.34. The number of methoxy groups -OCH3 is 2. The molecule has 1 saturated heterocycles.